The van der Waals surface area contributed by atoms with Crippen molar-refractivity contribution in [3.8, 4) is 11.1 Å². The molecule has 4 heteroatoms. The number of hydrogen-bond donors (Lipinski definition) is 1. The first kappa shape index (κ1) is 13.6. The second-order valence-corrected chi connectivity index (χ2v) is 4.27. The first-order valence-electron chi connectivity index (χ1n) is 5.98. The Labute approximate surface area is 109 Å². The fourth-order valence-electron chi connectivity index (χ4n) is 2.04. The molecule has 0 aliphatic rings. The second-order valence-electron chi connectivity index (χ2n) is 4.27. The van der Waals surface area contributed by atoms with Gasteiger partial charge in [0.1, 0.15) is 0 Å². The fourth-order valence-corrected chi connectivity index (χ4v) is 2.04. The summed E-state index contributed by atoms with van der Waals surface area (Å²) in [5, 5.41) is 0. The van der Waals surface area contributed by atoms with Gasteiger partial charge in [-0.2, -0.15) is 13.2 Å². The average Bonchev–Trinajstić information content (AvgIpc) is 2.39. The van der Waals surface area contributed by atoms with E-state index in [1.807, 2.05) is 24.3 Å². The van der Waals surface area contributed by atoms with E-state index in [-0.39, 0.29) is 0 Å². The summed E-state index contributed by atoms with van der Waals surface area (Å²) in [6.07, 6.45) is -3.68. The summed E-state index contributed by atoms with van der Waals surface area (Å²) in [6.45, 7) is 0.468. The minimum Gasteiger partial charge on any atom is -0.330 e. The summed E-state index contributed by atoms with van der Waals surface area (Å²) < 4.78 is 38.1. The van der Waals surface area contributed by atoms with Crippen LogP contribution >= 0.6 is 0 Å². The number of alkyl halides is 3. The van der Waals surface area contributed by atoms with Gasteiger partial charge in [0.2, 0.25) is 0 Å². The Hall–Kier alpha value is -1.81. The lowest BCUT2D eigenvalue weighted by Gasteiger charge is -2.12. The van der Waals surface area contributed by atoms with Crippen molar-refractivity contribution in [3.63, 3.8) is 0 Å². The first-order chi connectivity index (χ1) is 9.02. The van der Waals surface area contributed by atoms with Gasteiger partial charge in [-0.3, -0.25) is 0 Å². The third-order valence-corrected chi connectivity index (χ3v) is 2.93. The highest BCUT2D eigenvalue weighted by molar-refractivity contribution is 5.68. The molecule has 0 aromatic heterocycles. The highest BCUT2D eigenvalue weighted by atomic mass is 19.4. The minimum absolute atomic E-state index is 0.468. The molecular formula is C15H14F3N. The highest BCUT2D eigenvalue weighted by Gasteiger charge is 2.30. The maximum absolute atomic E-state index is 12.7. The molecule has 0 radical (unpaired) electrons. The quantitative estimate of drug-likeness (QED) is 0.895. The zero-order valence-electron chi connectivity index (χ0n) is 10.2. The number of rotatable bonds is 3. The van der Waals surface area contributed by atoms with Crippen LogP contribution in [-0.2, 0) is 12.6 Å². The fraction of sp³-hybridized carbons (Fsp3) is 0.200. The van der Waals surface area contributed by atoms with E-state index in [4.69, 9.17) is 5.73 Å². The molecule has 0 fully saturated rings. The molecule has 1 nitrogen and oxygen atoms in total. The molecule has 0 aliphatic heterocycles. The van der Waals surface area contributed by atoms with Crippen LogP contribution in [0.1, 0.15) is 11.1 Å². The zero-order chi connectivity index (χ0) is 13.9. The third-order valence-electron chi connectivity index (χ3n) is 2.93. The molecule has 2 aromatic carbocycles. The van der Waals surface area contributed by atoms with Gasteiger partial charge in [-0.15, -0.1) is 0 Å². The predicted octanol–water partition coefficient (Wildman–Crippen LogP) is 3.87. The van der Waals surface area contributed by atoms with Crippen LogP contribution in [0, 0.1) is 0 Å². The largest absolute Gasteiger partial charge is 0.416 e. The maximum atomic E-state index is 12.7. The molecule has 0 bridgehead atoms. The number of halogens is 3. The molecule has 0 amide bonds. The predicted molar refractivity (Wildman–Crippen MR) is 69.6 cm³/mol. The lowest BCUT2D eigenvalue weighted by atomic mass is 9.96. The summed E-state index contributed by atoms with van der Waals surface area (Å²) >= 11 is 0. The van der Waals surface area contributed by atoms with Gasteiger partial charge >= 0.3 is 6.18 Å². The number of hydrogen-bond acceptors (Lipinski definition) is 1. The van der Waals surface area contributed by atoms with Crippen LogP contribution in [0.25, 0.3) is 11.1 Å². The Morgan fingerprint density at radius 1 is 0.947 bits per heavy atom. The van der Waals surface area contributed by atoms with Crippen molar-refractivity contribution in [1.82, 2.24) is 0 Å². The molecule has 0 saturated heterocycles. The van der Waals surface area contributed by atoms with Crippen LogP contribution in [0.5, 0.6) is 0 Å². The lowest BCUT2D eigenvalue weighted by Crippen LogP contribution is -2.06. The van der Waals surface area contributed by atoms with Crippen LogP contribution in [0.4, 0.5) is 13.2 Å². The number of benzene rings is 2. The van der Waals surface area contributed by atoms with Gasteiger partial charge in [0.05, 0.1) is 5.56 Å². The summed E-state index contributed by atoms with van der Waals surface area (Å²) in [4.78, 5) is 0. The molecule has 0 aliphatic carbocycles. The summed E-state index contributed by atoms with van der Waals surface area (Å²) in [5.41, 5.74) is 7.23. The van der Waals surface area contributed by atoms with Crippen LogP contribution < -0.4 is 5.73 Å². The third kappa shape index (κ3) is 3.15. The molecule has 0 saturated carbocycles. The molecule has 2 aromatic rings. The summed E-state index contributed by atoms with van der Waals surface area (Å²) in [6, 6.07) is 12.8. The van der Waals surface area contributed by atoms with E-state index in [0.29, 0.717) is 18.5 Å². The van der Waals surface area contributed by atoms with E-state index >= 15 is 0 Å². The summed E-state index contributed by atoms with van der Waals surface area (Å²) in [7, 11) is 0. The van der Waals surface area contributed by atoms with Gasteiger partial charge in [-0.25, -0.2) is 0 Å². The topological polar surface area (TPSA) is 26.0 Å². The Balaban J connectivity index is 2.48. The normalized spacial score (nSPS) is 11.6. The van der Waals surface area contributed by atoms with E-state index in [0.717, 1.165) is 17.2 Å². The lowest BCUT2D eigenvalue weighted by molar-refractivity contribution is -0.137. The van der Waals surface area contributed by atoms with Crippen molar-refractivity contribution in [2.24, 2.45) is 5.73 Å². The molecule has 0 heterocycles. The van der Waals surface area contributed by atoms with Crippen molar-refractivity contribution in [2.45, 2.75) is 12.6 Å². The molecule has 100 valence electrons. The van der Waals surface area contributed by atoms with Gasteiger partial charge in [0.15, 0.2) is 0 Å². The SMILES string of the molecule is NCCc1ccccc1-c1cccc(C(F)(F)F)c1. The van der Waals surface area contributed by atoms with Gasteiger partial charge in [-0.1, -0.05) is 36.4 Å². The smallest absolute Gasteiger partial charge is 0.330 e. The Bertz CT molecular complexity index is 561. The Morgan fingerprint density at radius 2 is 1.68 bits per heavy atom. The van der Waals surface area contributed by atoms with Gasteiger partial charge in [-0.05, 0) is 41.8 Å². The van der Waals surface area contributed by atoms with Crippen molar-refractivity contribution >= 4 is 0 Å². The van der Waals surface area contributed by atoms with Gasteiger partial charge in [0.25, 0.3) is 0 Å². The highest BCUT2D eigenvalue weighted by Crippen LogP contribution is 2.33. The van der Waals surface area contributed by atoms with E-state index in [1.54, 1.807) is 6.07 Å². The van der Waals surface area contributed by atoms with Crippen LogP contribution in [0.2, 0.25) is 0 Å². The first-order valence-corrected chi connectivity index (χ1v) is 5.98. The average molecular weight is 265 g/mol. The van der Waals surface area contributed by atoms with Crippen molar-refractivity contribution in [1.29, 1.82) is 0 Å². The molecule has 0 unspecified atom stereocenters. The molecular weight excluding hydrogens is 251 g/mol. The second kappa shape index (κ2) is 5.45. The molecule has 0 spiro atoms. The van der Waals surface area contributed by atoms with E-state index in [1.165, 1.54) is 12.1 Å². The van der Waals surface area contributed by atoms with Crippen molar-refractivity contribution in [3.05, 3.63) is 59.7 Å². The molecule has 19 heavy (non-hydrogen) atoms. The monoisotopic (exact) mass is 265 g/mol. The van der Waals surface area contributed by atoms with Crippen LogP contribution in [0.3, 0.4) is 0 Å². The molecule has 2 rings (SSSR count). The van der Waals surface area contributed by atoms with E-state index < -0.39 is 11.7 Å². The van der Waals surface area contributed by atoms with Gasteiger partial charge < -0.3 is 5.73 Å². The Kier molecular flexibility index (Phi) is 3.90. The molecule has 0 atom stereocenters. The van der Waals surface area contributed by atoms with E-state index in [9.17, 15) is 13.2 Å². The van der Waals surface area contributed by atoms with Crippen LogP contribution in [-0.4, -0.2) is 6.54 Å². The Morgan fingerprint density at radius 3 is 2.37 bits per heavy atom. The molecule has 2 N–H and O–H groups in total. The standard InChI is InChI=1S/C15H14F3N/c16-15(17,18)13-6-3-5-12(10-13)14-7-2-1-4-11(14)8-9-19/h1-7,10H,8-9,19H2. The zero-order valence-corrected chi connectivity index (χ0v) is 10.2. The minimum atomic E-state index is -4.32. The maximum Gasteiger partial charge on any atom is 0.416 e. The van der Waals surface area contributed by atoms with Crippen LogP contribution in [0.15, 0.2) is 48.5 Å². The summed E-state index contributed by atoms with van der Waals surface area (Å²) in [5.74, 6) is 0. The number of nitrogens with two attached hydrogens (primary N) is 1. The van der Waals surface area contributed by atoms with Crippen molar-refractivity contribution in [2.75, 3.05) is 6.54 Å². The van der Waals surface area contributed by atoms with E-state index in [2.05, 4.69) is 0 Å². The van der Waals surface area contributed by atoms with Gasteiger partial charge in [0, 0.05) is 0 Å². The van der Waals surface area contributed by atoms with Crippen molar-refractivity contribution < 1.29 is 13.2 Å².